The molecule has 1 aliphatic heterocycles. The highest BCUT2D eigenvalue weighted by molar-refractivity contribution is 5.40. The molecule has 0 bridgehead atoms. The van der Waals surface area contributed by atoms with Crippen LogP contribution in [-0.2, 0) is 10.9 Å². The Labute approximate surface area is 122 Å². The van der Waals surface area contributed by atoms with Crippen molar-refractivity contribution in [3.05, 3.63) is 23.9 Å². The molecule has 0 saturated carbocycles. The summed E-state index contributed by atoms with van der Waals surface area (Å²) in [5.41, 5.74) is -0.707. The smallest absolute Gasteiger partial charge is 0.380 e. The molecule has 0 spiro atoms. The Morgan fingerprint density at radius 3 is 2.43 bits per heavy atom. The summed E-state index contributed by atoms with van der Waals surface area (Å²) in [5.74, 6) is 0.604. The van der Waals surface area contributed by atoms with Crippen molar-refractivity contribution in [1.29, 1.82) is 0 Å². The number of ether oxygens (including phenoxy) is 1. The van der Waals surface area contributed by atoms with Crippen molar-refractivity contribution < 1.29 is 17.9 Å². The second-order valence-corrected chi connectivity index (χ2v) is 4.93. The maximum Gasteiger partial charge on any atom is 0.417 e. The van der Waals surface area contributed by atoms with E-state index in [9.17, 15) is 13.2 Å². The van der Waals surface area contributed by atoms with Gasteiger partial charge >= 0.3 is 6.18 Å². The lowest BCUT2D eigenvalue weighted by atomic mass is 10.2. The molecule has 4 nitrogen and oxygen atoms in total. The van der Waals surface area contributed by atoms with Crippen LogP contribution >= 0.6 is 0 Å². The zero-order chi connectivity index (χ0) is 15.3. The summed E-state index contributed by atoms with van der Waals surface area (Å²) in [6.45, 7) is 7.57. The molecule has 21 heavy (non-hydrogen) atoms. The van der Waals surface area contributed by atoms with E-state index in [1.54, 1.807) is 0 Å². The van der Waals surface area contributed by atoms with Crippen LogP contribution in [0.15, 0.2) is 18.3 Å². The highest BCUT2D eigenvalue weighted by atomic mass is 19.4. The van der Waals surface area contributed by atoms with Crippen LogP contribution in [0.2, 0.25) is 0 Å². The van der Waals surface area contributed by atoms with Crippen molar-refractivity contribution in [3.8, 4) is 0 Å². The van der Waals surface area contributed by atoms with Gasteiger partial charge in [0, 0.05) is 45.5 Å². The van der Waals surface area contributed by atoms with Gasteiger partial charge < -0.3 is 9.64 Å². The Hall–Kier alpha value is -1.34. The Bertz CT molecular complexity index is 428. The second-order valence-electron chi connectivity index (χ2n) is 4.93. The number of halogens is 3. The van der Waals surface area contributed by atoms with Crippen LogP contribution in [0.3, 0.4) is 0 Å². The van der Waals surface area contributed by atoms with Crippen LogP contribution in [0.1, 0.15) is 12.5 Å². The van der Waals surface area contributed by atoms with E-state index >= 15 is 0 Å². The first-order valence-corrected chi connectivity index (χ1v) is 7.09. The van der Waals surface area contributed by atoms with E-state index in [1.807, 2.05) is 11.8 Å². The lowest BCUT2D eigenvalue weighted by Gasteiger charge is -2.35. The zero-order valence-corrected chi connectivity index (χ0v) is 12.1. The molecule has 1 aromatic heterocycles. The van der Waals surface area contributed by atoms with Gasteiger partial charge in [0.1, 0.15) is 5.82 Å². The Balaban J connectivity index is 1.85. The summed E-state index contributed by atoms with van der Waals surface area (Å²) >= 11 is 0. The number of aromatic nitrogens is 1. The van der Waals surface area contributed by atoms with Crippen LogP contribution in [-0.4, -0.2) is 55.8 Å². The number of piperazine rings is 1. The minimum Gasteiger partial charge on any atom is -0.380 e. The molecule has 0 unspecified atom stereocenters. The molecule has 0 atom stereocenters. The average molecular weight is 303 g/mol. The number of rotatable bonds is 5. The number of hydrogen-bond donors (Lipinski definition) is 0. The van der Waals surface area contributed by atoms with Crippen LogP contribution in [0.4, 0.5) is 19.0 Å². The first kappa shape index (κ1) is 16.0. The van der Waals surface area contributed by atoms with Gasteiger partial charge in [-0.2, -0.15) is 13.2 Å². The molecule has 0 radical (unpaired) electrons. The highest BCUT2D eigenvalue weighted by Gasteiger charge is 2.31. The fourth-order valence-corrected chi connectivity index (χ4v) is 2.28. The summed E-state index contributed by atoms with van der Waals surface area (Å²) in [4.78, 5) is 8.23. The van der Waals surface area contributed by atoms with Gasteiger partial charge in [-0.25, -0.2) is 4.98 Å². The number of alkyl halides is 3. The molecule has 1 saturated heterocycles. The van der Waals surface area contributed by atoms with Gasteiger partial charge in [-0.15, -0.1) is 0 Å². The molecular formula is C14H20F3N3O. The summed E-state index contributed by atoms with van der Waals surface area (Å²) in [7, 11) is 0. The van der Waals surface area contributed by atoms with Gasteiger partial charge in [-0.1, -0.05) is 0 Å². The molecule has 2 rings (SSSR count). The van der Waals surface area contributed by atoms with Crippen LogP contribution in [0.5, 0.6) is 0 Å². The first-order valence-electron chi connectivity index (χ1n) is 7.09. The van der Waals surface area contributed by atoms with E-state index in [0.29, 0.717) is 5.82 Å². The minimum atomic E-state index is -4.33. The Morgan fingerprint density at radius 1 is 1.19 bits per heavy atom. The lowest BCUT2D eigenvalue weighted by molar-refractivity contribution is -0.137. The van der Waals surface area contributed by atoms with Gasteiger partial charge in [0.15, 0.2) is 0 Å². The van der Waals surface area contributed by atoms with Crippen molar-refractivity contribution >= 4 is 5.82 Å². The fourth-order valence-electron chi connectivity index (χ4n) is 2.28. The molecule has 2 heterocycles. The molecule has 0 aliphatic carbocycles. The number of anilines is 1. The van der Waals surface area contributed by atoms with Crippen molar-refractivity contribution in [2.24, 2.45) is 0 Å². The van der Waals surface area contributed by atoms with Gasteiger partial charge in [0.25, 0.3) is 0 Å². The Morgan fingerprint density at radius 2 is 1.90 bits per heavy atom. The van der Waals surface area contributed by atoms with Gasteiger partial charge in [0.05, 0.1) is 12.2 Å². The van der Waals surface area contributed by atoms with Gasteiger partial charge in [-0.3, -0.25) is 4.90 Å². The van der Waals surface area contributed by atoms with Crippen molar-refractivity contribution in [1.82, 2.24) is 9.88 Å². The zero-order valence-electron chi connectivity index (χ0n) is 12.1. The van der Waals surface area contributed by atoms with Crippen molar-refractivity contribution in [2.75, 3.05) is 50.8 Å². The average Bonchev–Trinajstić information content (AvgIpc) is 2.48. The van der Waals surface area contributed by atoms with E-state index in [4.69, 9.17) is 4.74 Å². The third-order valence-corrected chi connectivity index (χ3v) is 3.53. The first-order chi connectivity index (χ1) is 10.0. The predicted molar refractivity (Wildman–Crippen MR) is 74.4 cm³/mol. The fraction of sp³-hybridized carbons (Fsp3) is 0.643. The monoisotopic (exact) mass is 303 g/mol. The van der Waals surface area contributed by atoms with E-state index in [-0.39, 0.29) is 0 Å². The van der Waals surface area contributed by atoms with Crippen molar-refractivity contribution in [2.45, 2.75) is 13.1 Å². The number of nitrogens with zero attached hydrogens (tertiary/aromatic N) is 3. The van der Waals surface area contributed by atoms with Crippen LogP contribution < -0.4 is 4.90 Å². The van der Waals surface area contributed by atoms with Gasteiger partial charge in [0.2, 0.25) is 0 Å². The highest BCUT2D eigenvalue weighted by Crippen LogP contribution is 2.29. The minimum absolute atomic E-state index is 0.604. The maximum absolute atomic E-state index is 12.5. The van der Waals surface area contributed by atoms with E-state index in [1.165, 1.54) is 6.07 Å². The van der Waals surface area contributed by atoms with E-state index < -0.39 is 11.7 Å². The van der Waals surface area contributed by atoms with E-state index in [2.05, 4.69) is 9.88 Å². The molecule has 0 aromatic carbocycles. The van der Waals surface area contributed by atoms with Crippen LogP contribution in [0.25, 0.3) is 0 Å². The summed E-state index contributed by atoms with van der Waals surface area (Å²) in [5, 5.41) is 0. The third-order valence-electron chi connectivity index (χ3n) is 3.53. The topological polar surface area (TPSA) is 28.6 Å². The molecular weight excluding hydrogens is 283 g/mol. The Kier molecular flexibility index (Phi) is 5.41. The maximum atomic E-state index is 12.5. The number of pyridine rings is 1. The molecule has 7 heteroatoms. The third kappa shape index (κ3) is 4.57. The molecule has 0 amide bonds. The standard InChI is InChI=1S/C14H20F3N3O/c1-2-21-10-9-19-5-7-20(8-6-19)13-4-3-12(11-18-13)14(15,16)17/h3-4,11H,2,5-10H2,1H3. The second kappa shape index (κ2) is 7.09. The summed E-state index contributed by atoms with van der Waals surface area (Å²) in [6.07, 6.45) is -3.43. The largest absolute Gasteiger partial charge is 0.417 e. The molecule has 1 aliphatic rings. The lowest BCUT2D eigenvalue weighted by Crippen LogP contribution is -2.47. The van der Waals surface area contributed by atoms with Crippen LogP contribution in [0, 0.1) is 0 Å². The quantitative estimate of drug-likeness (QED) is 0.780. The van der Waals surface area contributed by atoms with Gasteiger partial charge in [-0.05, 0) is 19.1 Å². The summed E-state index contributed by atoms with van der Waals surface area (Å²) < 4.78 is 42.8. The predicted octanol–water partition coefficient (Wildman–Crippen LogP) is 2.26. The summed E-state index contributed by atoms with van der Waals surface area (Å²) in [6, 6.07) is 2.53. The molecule has 1 fully saturated rings. The number of hydrogen-bond acceptors (Lipinski definition) is 4. The SMILES string of the molecule is CCOCCN1CCN(c2ccc(C(F)(F)F)cn2)CC1. The van der Waals surface area contributed by atoms with Crippen molar-refractivity contribution in [3.63, 3.8) is 0 Å². The van der Waals surface area contributed by atoms with E-state index in [0.717, 1.165) is 58.2 Å². The molecule has 1 aromatic rings. The normalized spacial score (nSPS) is 17.2. The molecule has 0 N–H and O–H groups in total. The molecule has 118 valence electrons.